The van der Waals surface area contributed by atoms with Crippen LogP contribution in [0.1, 0.15) is 11.7 Å². The van der Waals surface area contributed by atoms with Gasteiger partial charge in [0.15, 0.2) is 0 Å². The number of nitrogens with zero attached hydrogens (tertiary/aromatic N) is 1. The highest BCUT2D eigenvalue weighted by Crippen LogP contribution is 2.17. The van der Waals surface area contributed by atoms with E-state index in [4.69, 9.17) is 0 Å². The summed E-state index contributed by atoms with van der Waals surface area (Å²) in [6, 6.07) is 7.68. The molecule has 2 N–H and O–H groups in total. The van der Waals surface area contributed by atoms with Gasteiger partial charge < -0.3 is 5.11 Å². The summed E-state index contributed by atoms with van der Waals surface area (Å²) in [5.41, 5.74) is 3.94. The summed E-state index contributed by atoms with van der Waals surface area (Å²) >= 11 is 3.37. The maximum Gasteiger partial charge on any atom is 0.0928 e. The summed E-state index contributed by atoms with van der Waals surface area (Å²) < 4.78 is 0.985. The molecule has 0 heterocycles. The van der Waals surface area contributed by atoms with E-state index < -0.39 is 6.10 Å². The molecule has 1 rings (SSSR count). The van der Waals surface area contributed by atoms with Crippen molar-refractivity contribution < 1.29 is 5.11 Å². The van der Waals surface area contributed by atoms with Crippen molar-refractivity contribution in [3.8, 4) is 0 Å². The monoisotopic (exact) mass is 258 g/mol. The summed E-state index contributed by atoms with van der Waals surface area (Å²) in [4.78, 5) is 0. The number of nitrogens with one attached hydrogen (secondary N) is 1. The van der Waals surface area contributed by atoms with Crippen molar-refractivity contribution in [3.63, 3.8) is 0 Å². The highest BCUT2D eigenvalue weighted by Gasteiger charge is 2.07. The third-order valence-corrected chi connectivity index (χ3v) is 2.33. The van der Waals surface area contributed by atoms with Crippen molar-refractivity contribution in [1.29, 1.82) is 0 Å². The molecule has 0 amide bonds. The maximum absolute atomic E-state index is 9.78. The highest BCUT2D eigenvalue weighted by atomic mass is 79.9. The number of rotatable bonds is 4. The van der Waals surface area contributed by atoms with E-state index in [2.05, 4.69) is 21.4 Å². The Morgan fingerprint density at radius 3 is 2.79 bits per heavy atom. The number of hydrogen-bond acceptors (Lipinski definition) is 3. The number of halogens is 1. The van der Waals surface area contributed by atoms with Gasteiger partial charge in [-0.05, 0) is 17.7 Å². The lowest BCUT2D eigenvalue weighted by molar-refractivity contribution is 0.141. The van der Waals surface area contributed by atoms with Gasteiger partial charge >= 0.3 is 0 Å². The average Bonchev–Trinajstić information content (AvgIpc) is 2.14. The minimum Gasteiger partial charge on any atom is -0.387 e. The molecule has 0 fully saturated rings. The van der Waals surface area contributed by atoms with Crippen molar-refractivity contribution in [2.45, 2.75) is 6.10 Å². The lowest BCUT2D eigenvalue weighted by Crippen LogP contribution is -2.33. The van der Waals surface area contributed by atoms with E-state index in [0.29, 0.717) is 6.54 Å². The minimum atomic E-state index is -0.477. The van der Waals surface area contributed by atoms with Gasteiger partial charge in [-0.3, -0.25) is 10.4 Å². The Kier molecular flexibility index (Phi) is 4.54. The van der Waals surface area contributed by atoms with Crippen LogP contribution in [0, 0.1) is 0 Å². The first-order valence-electron chi connectivity index (χ1n) is 4.44. The van der Waals surface area contributed by atoms with Crippen molar-refractivity contribution in [3.05, 3.63) is 34.3 Å². The first-order chi connectivity index (χ1) is 6.59. The summed E-state index contributed by atoms with van der Waals surface area (Å²) in [7, 11) is 3.79. The summed E-state index contributed by atoms with van der Waals surface area (Å²) in [5.74, 6) is 0. The zero-order valence-corrected chi connectivity index (χ0v) is 9.95. The molecule has 0 bridgehead atoms. The second-order valence-electron chi connectivity index (χ2n) is 3.33. The van der Waals surface area contributed by atoms with Gasteiger partial charge in [-0.1, -0.05) is 28.1 Å². The lowest BCUT2D eigenvalue weighted by Gasteiger charge is -2.16. The van der Waals surface area contributed by atoms with Crippen LogP contribution in [0.3, 0.4) is 0 Å². The van der Waals surface area contributed by atoms with Gasteiger partial charge in [0.2, 0.25) is 0 Å². The smallest absolute Gasteiger partial charge is 0.0928 e. The Bertz CT molecular complexity index is 291. The molecule has 0 aliphatic carbocycles. The fourth-order valence-corrected chi connectivity index (χ4v) is 1.52. The predicted octanol–water partition coefficient (Wildman–Crippen LogP) is 1.55. The van der Waals surface area contributed by atoms with Crippen LogP contribution in [-0.2, 0) is 0 Å². The largest absolute Gasteiger partial charge is 0.387 e. The van der Waals surface area contributed by atoms with Gasteiger partial charge in [-0.25, -0.2) is 0 Å². The molecule has 0 spiro atoms. The molecule has 4 heteroatoms. The molecule has 78 valence electrons. The molecule has 1 aromatic rings. The van der Waals surface area contributed by atoms with Crippen LogP contribution in [0.4, 0.5) is 0 Å². The van der Waals surface area contributed by atoms with Crippen LogP contribution in [0.15, 0.2) is 28.7 Å². The average molecular weight is 259 g/mol. The molecule has 3 nitrogen and oxygen atoms in total. The third-order valence-electron chi connectivity index (χ3n) is 1.83. The molecule has 1 aromatic carbocycles. The summed E-state index contributed by atoms with van der Waals surface area (Å²) in [6.45, 7) is 0.517. The van der Waals surface area contributed by atoms with E-state index in [9.17, 15) is 5.11 Å². The van der Waals surface area contributed by atoms with Gasteiger partial charge in [-0.15, -0.1) is 0 Å². The fraction of sp³-hybridized carbons (Fsp3) is 0.400. The van der Waals surface area contributed by atoms with Crippen LogP contribution in [0.2, 0.25) is 0 Å². The van der Waals surface area contributed by atoms with Crippen LogP contribution in [0.5, 0.6) is 0 Å². The minimum absolute atomic E-state index is 0.477. The Labute approximate surface area is 92.8 Å². The van der Waals surface area contributed by atoms with Crippen molar-refractivity contribution in [2.75, 3.05) is 20.6 Å². The second-order valence-corrected chi connectivity index (χ2v) is 4.24. The molecule has 0 radical (unpaired) electrons. The Hall–Kier alpha value is -0.420. The normalized spacial score (nSPS) is 13.2. The van der Waals surface area contributed by atoms with Crippen LogP contribution in [0.25, 0.3) is 0 Å². The molecule has 0 saturated carbocycles. The number of hydrogen-bond donors (Lipinski definition) is 2. The van der Waals surface area contributed by atoms with Gasteiger partial charge in [-0.2, -0.15) is 0 Å². The Morgan fingerprint density at radius 2 is 2.21 bits per heavy atom. The second kappa shape index (κ2) is 5.46. The van der Waals surface area contributed by atoms with Gasteiger partial charge in [0, 0.05) is 25.1 Å². The van der Waals surface area contributed by atoms with E-state index >= 15 is 0 Å². The maximum atomic E-state index is 9.78. The molecular weight excluding hydrogens is 244 g/mol. The van der Waals surface area contributed by atoms with E-state index in [0.717, 1.165) is 10.0 Å². The summed E-state index contributed by atoms with van der Waals surface area (Å²) in [6.07, 6.45) is -0.477. The molecule has 1 atom stereocenters. The standard InChI is InChI=1S/C10H15BrN2O/c1-13(2)12-7-10(14)8-4-3-5-9(11)6-8/h3-6,10,12,14H,7H2,1-2H3. The summed E-state index contributed by atoms with van der Waals surface area (Å²) in [5, 5.41) is 11.6. The lowest BCUT2D eigenvalue weighted by atomic mass is 10.1. The fourth-order valence-electron chi connectivity index (χ4n) is 1.10. The Morgan fingerprint density at radius 1 is 1.50 bits per heavy atom. The Balaban J connectivity index is 2.56. The predicted molar refractivity (Wildman–Crippen MR) is 60.8 cm³/mol. The molecule has 0 aliphatic rings. The van der Waals surface area contributed by atoms with Crippen molar-refractivity contribution in [1.82, 2.24) is 10.4 Å². The number of hydrazine groups is 1. The quantitative estimate of drug-likeness (QED) is 0.805. The van der Waals surface area contributed by atoms with E-state index in [1.165, 1.54) is 0 Å². The van der Waals surface area contributed by atoms with E-state index in [1.54, 1.807) is 0 Å². The van der Waals surface area contributed by atoms with Crippen LogP contribution >= 0.6 is 15.9 Å². The molecule has 14 heavy (non-hydrogen) atoms. The van der Waals surface area contributed by atoms with Crippen LogP contribution < -0.4 is 5.43 Å². The third kappa shape index (κ3) is 3.75. The molecule has 1 unspecified atom stereocenters. The number of benzene rings is 1. The van der Waals surface area contributed by atoms with E-state index in [1.807, 2.05) is 43.4 Å². The van der Waals surface area contributed by atoms with E-state index in [-0.39, 0.29) is 0 Å². The molecule has 0 saturated heterocycles. The zero-order chi connectivity index (χ0) is 10.6. The highest BCUT2D eigenvalue weighted by molar-refractivity contribution is 9.10. The molecule has 0 aliphatic heterocycles. The molecular formula is C10H15BrN2O. The van der Waals surface area contributed by atoms with Gasteiger partial charge in [0.05, 0.1) is 6.10 Å². The first kappa shape index (κ1) is 11.7. The van der Waals surface area contributed by atoms with Gasteiger partial charge in [0.25, 0.3) is 0 Å². The topological polar surface area (TPSA) is 35.5 Å². The SMILES string of the molecule is CN(C)NCC(O)c1cccc(Br)c1. The van der Waals surface area contributed by atoms with Crippen molar-refractivity contribution in [2.24, 2.45) is 0 Å². The first-order valence-corrected chi connectivity index (χ1v) is 5.23. The number of aliphatic hydroxyl groups excluding tert-OH is 1. The zero-order valence-electron chi connectivity index (χ0n) is 8.37. The van der Waals surface area contributed by atoms with Crippen molar-refractivity contribution >= 4 is 15.9 Å². The molecule has 0 aromatic heterocycles. The van der Waals surface area contributed by atoms with Gasteiger partial charge in [0.1, 0.15) is 0 Å². The number of aliphatic hydroxyl groups is 1. The van der Waals surface area contributed by atoms with Crippen LogP contribution in [-0.4, -0.2) is 30.8 Å².